The van der Waals surface area contributed by atoms with Crippen LogP contribution in [-0.2, 0) is 10.3 Å². The number of thioether (sulfide) groups is 1. The SMILES string of the molecule is CCCCN(C(=O)SCCC)S(=O)(=O)O. The maximum absolute atomic E-state index is 11.4. The molecule has 1 N–H and O–H groups in total. The van der Waals surface area contributed by atoms with E-state index in [1.807, 2.05) is 13.8 Å². The molecule has 0 aromatic rings. The van der Waals surface area contributed by atoms with Crippen molar-refractivity contribution in [3.63, 3.8) is 0 Å². The summed E-state index contributed by atoms with van der Waals surface area (Å²) < 4.78 is 31.1. The van der Waals surface area contributed by atoms with Gasteiger partial charge in [0, 0.05) is 12.3 Å². The Morgan fingerprint density at radius 2 is 1.93 bits per heavy atom. The first-order valence-corrected chi connectivity index (χ1v) is 7.23. The molecule has 0 spiro atoms. The number of unbranched alkanes of at least 4 members (excludes halogenated alkanes) is 1. The average molecular weight is 255 g/mol. The highest BCUT2D eigenvalue weighted by Gasteiger charge is 2.24. The quantitative estimate of drug-likeness (QED) is 0.736. The van der Waals surface area contributed by atoms with E-state index in [-0.39, 0.29) is 6.54 Å². The highest BCUT2D eigenvalue weighted by molar-refractivity contribution is 8.14. The summed E-state index contributed by atoms with van der Waals surface area (Å²) in [7, 11) is -4.40. The minimum absolute atomic E-state index is 0.0465. The van der Waals surface area contributed by atoms with Gasteiger partial charge in [0.2, 0.25) is 0 Å². The van der Waals surface area contributed by atoms with Crippen LogP contribution in [0.1, 0.15) is 33.1 Å². The number of hydrogen-bond donors (Lipinski definition) is 1. The molecule has 0 aliphatic carbocycles. The van der Waals surface area contributed by atoms with Crippen LogP contribution in [0.5, 0.6) is 0 Å². The zero-order valence-electron chi connectivity index (χ0n) is 8.97. The summed E-state index contributed by atoms with van der Waals surface area (Å²) in [4.78, 5) is 11.4. The molecule has 0 heterocycles. The van der Waals surface area contributed by atoms with Crippen LogP contribution in [0.25, 0.3) is 0 Å². The molecule has 0 saturated heterocycles. The fraction of sp³-hybridized carbons (Fsp3) is 0.875. The third kappa shape index (κ3) is 6.01. The van der Waals surface area contributed by atoms with E-state index in [0.717, 1.165) is 24.6 Å². The first-order chi connectivity index (χ1) is 6.93. The van der Waals surface area contributed by atoms with Gasteiger partial charge in [0.1, 0.15) is 0 Å². The second-order valence-corrected chi connectivity index (χ2v) is 5.40. The molecule has 0 aliphatic heterocycles. The zero-order chi connectivity index (χ0) is 11.9. The Bertz CT molecular complexity index is 289. The molecule has 0 unspecified atom stereocenters. The number of hydrogen-bond acceptors (Lipinski definition) is 4. The van der Waals surface area contributed by atoms with E-state index in [2.05, 4.69) is 0 Å². The summed E-state index contributed by atoms with van der Waals surface area (Å²) in [6, 6.07) is 0. The minimum atomic E-state index is -4.40. The first-order valence-electron chi connectivity index (χ1n) is 4.85. The van der Waals surface area contributed by atoms with Crippen molar-refractivity contribution in [2.45, 2.75) is 33.1 Å². The number of amides is 1. The lowest BCUT2D eigenvalue weighted by Crippen LogP contribution is -2.34. The minimum Gasteiger partial charge on any atom is -0.269 e. The van der Waals surface area contributed by atoms with Crippen LogP contribution in [0.4, 0.5) is 4.79 Å². The topological polar surface area (TPSA) is 74.7 Å². The van der Waals surface area contributed by atoms with Crippen molar-refractivity contribution < 1.29 is 17.8 Å². The predicted octanol–water partition coefficient (Wildman–Crippen LogP) is 2.15. The van der Waals surface area contributed by atoms with Crippen LogP contribution < -0.4 is 0 Å². The lowest BCUT2D eigenvalue weighted by atomic mass is 10.3. The first kappa shape index (κ1) is 14.7. The van der Waals surface area contributed by atoms with Crippen LogP contribution in [0.2, 0.25) is 0 Å². The van der Waals surface area contributed by atoms with Gasteiger partial charge in [-0.2, -0.15) is 8.42 Å². The van der Waals surface area contributed by atoms with Crippen LogP contribution in [0.15, 0.2) is 0 Å². The fourth-order valence-electron chi connectivity index (χ4n) is 0.864. The molecular formula is C8H17NO4S2. The monoisotopic (exact) mass is 255 g/mol. The van der Waals surface area contributed by atoms with Gasteiger partial charge in [-0.1, -0.05) is 32.0 Å². The smallest absolute Gasteiger partial charge is 0.269 e. The molecule has 5 nitrogen and oxygen atoms in total. The van der Waals surface area contributed by atoms with E-state index >= 15 is 0 Å². The van der Waals surface area contributed by atoms with Gasteiger partial charge in [-0.05, 0) is 12.8 Å². The second-order valence-electron chi connectivity index (χ2n) is 3.02. The highest BCUT2D eigenvalue weighted by atomic mass is 32.2. The summed E-state index contributed by atoms with van der Waals surface area (Å²) in [5.74, 6) is 0.553. The summed E-state index contributed by atoms with van der Waals surface area (Å²) in [5.41, 5.74) is 0. The molecule has 0 radical (unpaired) electrons. The molecule has 15 heavy (non-hydrogen) atoms. The molecule has 0 aromatic heterocycles. The summed E-state index contributed by atoms with van der Waals surface area (Å²) in [6.07, 6.45) is 2.10. The van der Waals surface area contributed by atoms with Gasteiger partial charge >= 0.3 is 10.3 Å². The van der Waals surface area contributed by atoms with Crippen LogP contribution in [0.3, 0.4) is 0 Å². The third-order valence-electron chi connectivity index (χ3n) is 1.63. The Morgan fingerprint density at radius 1 is 1.33 bits per heavy atom. The molecule has 0 bridgehead atoms. The van der Waals surface area contributed by atoms with Crippen LogP contribution >= 0.6 is 11.8 Å². The maximum Gasteiger partial charge on any atom is 0.362 e. The number of carbonyl (C=O) groups is 1. The molecule has 0 rings (SSSR count). The molecular weight excluding hydrogens is 238 g/mol. The third-order valence-corrected chi connectivity index (χ3v) is 3.73. The summed E-state index contributed by atoms with van der Waals surface area (Å²) in [6.45, 7) is 3.82. The van der Waals surface area contributed by atoms with Gasteiger partial charge in [0.25, 0.3) is 5.24 Å². The number of nitrogens with zero attached hydrogens (tertiary/aromatic N) is 1. The van der Waals surface area contributed by atoms with Crippen molar-refractivity contribution in [3.05, 3.63) is 0 Å². The van der Waals surface area contributed by atoms with Crippen molar-refractivity contribution in [1.82, 2.24) is 4.31 Å². The molecule has 0 aromatic carbocycles. The van der Waals surface area contributed by atoms with E-state index in [4.69, 9.17) is 4.55 Å². The van der Waals surface area contributed by atoms with Gasteiger partial charge in [0.15, 0.2) is 0 Å². The van der Waals surface area contributed by atoms with E-state index in [1.165, 1.54) is 0 Å². The largest absolute Gasteiger partial charge is 0.362 e. The van der Waals surface area contributed by atoms with Crippen molar-refractivity contribution in [2.75, 3.05) is 12.3 Å². The predicted molar refractivity (Wildman–Crippen MR) is 61.3 cm³/mol. The summed E-state index contributed by atoms with van der Waals surface area (Å²) >= 11 is 0.910. The van der Waals surface area contributed by atoms with E-state index in [9.17, 15) is 13.2 Å². The number of rotatable bonds is 6. The summed E-state index contributed by atoms with van der Waals surface area (Å²) in [5, 5.41) is -0.604. The molecule has 0 fully saturated rings. The zero-order valence-corrected chi connectivity index (χ0v) is 10.6. The van der Waals surface area contributed by atoms with Crippen molar-refractivity contribution in [2.24, 2.45) is 0 Å². The van der Waals surface area contributed by atoms with E-state index in [0.29, 0.717) is 16.5 Å². The van der Waals surface area contributed by atoms with Crippen LogP contribution in [-0.4, -0.2) is 34.8 Å². The van der Waals surface area contributed by atoms with Gasteiger partial charge in [-0.3, -0.25) is 9.35 Å². The van der Waals surface area contributed by atoms with Crippen molar-refractivity contribution >= 4 is 27.3 Å². The Kier molecular flexibility index (Phi) is 6.95. The molecule has 0 aliphatic rings. The lowest BCUT2D eigenvalue weighted by Gasteiger charge is -2.17. The Balaban J connectivity index is 4.42. The molecule has 0 atom stereocenters. The lowest BCUT2D eigenvalue weighted by molar-refractivity contribution is 0.241. The van der Waals surface area contributed by atoms with Crippen LogP contribution in [0, 0.1) is 0 Å². The van der Waals surface area contributed by atoms with Gasteiger partial charge in [-0.15, -0.1) is 0 Å². The molecule has 1 amide bonds. The molecule has 90 valence electrons. The van der Waals surface area contributed by atoms with Gasteiger partial charge in [-0.25, -0.2) is 4.31 Å². The second kappa shape index (κ2) is 7.08. The standard InChI is InChI=1S/C8H17NO4S2/c1-3-5-6-9(15(11,12)13)8(10)14-7-4-2/h3-7H2,1-2H3,(H,11,12,13). The Morgan fingerprint density at radius 3 is 2.33 bits per heavy atom. The average Bonchev–Trinajstić information content (AvgIpc) is 2.13. The number of carbonyl (C=O) groups excluding carboxylic acids is 1. The normalized spacial score (nSPS) is 11.4. The fourth-order valence-corrected chi connectivity index (χ4v) is 2.47. The van der Waals surface area contributed by atoms with Gasteiger partial charge in [0.05, 0.1) is 0 Å². The molecule has 7 heteroatoms. The van der Waals surface area contributed by atoms with Crippen molar-refractivity contribution in [1.29, 1.82) is 0 Å². The van der Waals surface area contributed by atoms with E-state index in [1.54, 1.807) is 0 Å². The highest BCUT2D eigenvalue weighted by Crippen LogP contribution is 2.14. The maximum atomic E-state index is 11.4. The Labute approximate surface area is 95.1 Å². The van der Waals surface area contributed by atoms with Gasteiger partial charge < -0.3 is 0 Å². The Hall–Kier alpha value is -0.270. The van der Waals surface area contributed by atoms with E-state index < -0.39 is 15.5 Å². The molecule has 0 saturated carbocycles. The van der Waals surface area contributed by atoms with Crippen molar-refractivity contribution in [3.8, 4) is 0 Å².